The molecular formula is C14H15N3O2. The first-order valence-corrected chi connectivity index (χ1v) is 5.76. The SMILES string of the molecule is COc1ccc(OCc2cccnc2C(=N)N)cc1. The highest BCUT2D eigenvalue weighted by molar-refractivity contribution is 5.94. The van der Waals surface area contributed by atoms with E-state index < -0.39 is 0 Å². The normalized spacial score (nSPS) is 9.95. The van der Waals surface area contributed by atoms with Gasteiger partial charge in [-0.2, -0.15) is 0 Å². The van der Waals surface area contributed by atoms with E-state index in [1.165, 1.54) is 0 Å². The van der Waals surface area contributed by atoms with Gasteiger partial charge in [0.05, 0.1) is 7.11 Å². The minimum atomic E-state index is -0.0612. The van der Waals surface area contributed by atoms with Gasteiger partial charge in [-0.1, -0.05) is 6.07 Å². The Morgan fingerprint density at radius 2 is 1.89 bits per heavy atom. The van der Waals surface area contributed by atoms with Crippen molar-refractivity contribution in [1.82, 2.24) is 4.98 Å². The fourth-order valence-electron chi connectivity index (χ4n) is 1.63. The highest BCUT2D eigenvalue weighted by Gasteiger charge is 2.06. The third-order valence-electron chi connectivity index (χ3n) is 2.60. The van der Waals surface area contributed by atoms with E-state index in [-0.39, 0.29) is 5.84 Å². The Bertz CT molecular complexity index is 567. The van der Waals surface area contributed by atoms with E-state index in [9.17, 15) is 0 Å². The monoisotopic (exact) mass is 257 g/mol. The molecule has 0 atom stereocenters. The zero-order valence-electron chi connectivity index (χ0n) is 10.6. The summed E-state index contributed by atoms with van der Waals surface area (Å²) in [7, 11) is 1.62. The predicted molar refractivity (Wildman–Crippen MR) is 72.6 cm³/mol. The molecular weight excluding hydrogens is 242 g/mol. The average molecular weight is 257 g/mol. The molecule has 2 rings (SSSR count). The van der Waals surface area contributed by atoms with Crippen LogP contribution in [0.15, 0.2) is 42.6 Å². The lowest BCUT2D eigenvalue weighted by Crippen LogP contribution is -2.16. The largest absolute Gasteiger partial charge is 0.497 e. The van der Waals surface area contributed by atoms with Crippen LogP contribution in [0.25, 0.3) is 0 Å². The summed E-state index contributed by atoms with van der Waals surface area (Å²) in [4.78, 5) is 4.07. The van der Waals surface area contributed by atoms with Crippen LogP contribution < -0.4 is 15.2 Å². The molecule has 1 aromatic carbocycles. The van der Waals surface area contributed by atoms with E-state index in [4.69, 9.17) is 20.6 Å². The molecule has 0 aliphatic heterocycles. The van der Waals surface area contributed by atoms with Crippen LogP contribution in [0.2, 0.25) is 0 Å². The van der Waals surface area contributed by atoms with Crippen molar-refractivity contribution in [3.8, 4) is 11.5 Å². The minimum absolute atomic E-state index is 0.0612. The number of amidine groups is 1. The molecule has 0 spiro atoms. The highest BCUT2D eigenvalue weighted by atomic mass is 16.5. The first-order chi connectivity index (χ1) is 9.20. The number of hydrogen-bond acceptors (Lipinski definition) is 4. The van der Waals surface area contributed by atoms with Gasteiger partial charge in [0.1, 0.15) is 29.6 Å². The first kappa shape index (κ1) is 12.9. The van der Waals surface area contributed by atoms with Crippen molar-refractivity contribution in [2.45, 2.75) is 6.61 Å². The van der Waals surface area contributed by atoms with Gasteiger partial charge in [-0.15, -0.1) is 0 Å². The van der Waals surface area contributed by atoms with Crippen molar-refractivity contribution in [2.24, 2.45) is 5.73 Å². The third-order valence-corrected chi connectivity index (χ3v) is 2.60. The third kappa shape index (κ3) is 3.22. The fourth-order valence-corrected chi connectivity index (χ4v) is 1.63. The molecule has 0 saturated heterocycles. The number of hydrogen-bond donors (Lipinski definition) is 2. The number of rotatable bonds is 5. The van der Waals surface area contributed by atoms with Gasteiger partial charge in [0.2, 0.25) is 0 Å². The maximum absolute atomic E-state index is 7.46. The van der Waals surface area contributed by atoms with Gasteiger partial charge in [-0.05, 0) is 30.3 Å². The number of methoxy groups -OCH3 is 1. The quantitative estimate of drug-likeness (QED) is 0.633. The van der Waals surface area contributed by atoms with E-state index in [1.807, 2.05) is 30.3 Å². The Morgan fingerprint density at radius 3 is 2.53 bits per heavy atom. The lowest BCUT2D eigenvalue weighted by molar-refractivity contribution is 0.304. The number of nitrogens with zero attached hydrogens (tertiary/aromatic N) is 1. The van der Waals surface area contributed by atoms with Crippen LogP contribution in [0, 0.1) is 5.41 Å². The molecule has 5 heteroatoms. The summed E-state index contributed by atoms with van der Waals surface area (Å²) in [6, 6.07) is 10.9. The summed E-state index contributed by atoms with van der Waals surface area (Å²) in [5.41, 5.74) is 6.71. The molecule has 0 radical (unpaired) electrons. The van der Waals surface area contributed by atoms with Crippen LogP contribution in [0.3, 0.4) is 0 Å². The summed E-state index contributed by atoms with van der Waals surface area (Å²) in [5.74, 6) is 1.44. The van der Waals surface area contributed by atoms with E-state index in [0.717, 1.165) is 17.1 Å². The molecule has 0 bridgehead atoms. The van der Waals surface area contributed by atoms with Crippen LogP contribution >= 0.6 is 0 Å². The summed E-state index contributed by atoms with van der Waals surface area (Å²) in [5, 5.41) is 7.46. The second-order valence-electron chi connectivity index (χ2n) is 3.89. The van der Waals surface area contributed by atoms with Crippen molar-refractivity contribution in [2.75, 3.05) is 7.11 Å². The molecule has 2 aromatic rings. The molecule has 0 aliphatic rings. The number of nitrogens with one attached hydrogen (secondary N) is 1. The topological polar surface area (TPSA) is 81.2 Å². The number of benzene rings is 1. The van der Waals surface area contributed by atoms with Gasteiger partial charge in [0, 0.05) is 11.8 Å². The van der Waals surface area contributed by atoms with E-state index in [1.54, 1.807) is 19.4 Å². The summed E-state index contributed by atoms with van der Waals surface area (Å²) >= 11 is 0. The van der Waals surface area contributed by atoms with Gasteiger partial charge >= 0.3 is 0 Å². The van der Waals surface area contributed by atoms with Gasteiger partial charge in [0.25, 0.3) is 0 Å². The molecule has 1 heterocycles. The number of aromatic nitrogens is 1. The van der Waals surface area contributed by atoms with Crippen LogP contribution in [-0.2, 0) is 6.61 Å². The predicted octanol–water partition coefficient (Wildman–Crippen LogP) is 1.95. The fraction of sp³-hybridized carbons (Fsp3) is 0.143. The summed E-state index contributed by atoms with van der Waals surface area (Å²) in [6.07, 6.45) is 1.60. The standard InChI is InChI=1S/C14H15N3O2/c1-18-11-4-6-12(7-5-11)19-9-10-3-2-8-17-13(10)14(15)16/h2-8H,9H2,1H3,(H3,15,16). The van der Waals surface area contributed by atoms with Crippen LogP contribution in [-0.4, -0.2) is 17.9 Å². The van der Waals surface area contributed by atoms with Crippen molar-refractivity contribution in [1.29, 1.82) is 5.41 Å². The number of ether oxygens (including phenoxy) is 2. The first-order valence-electron chi connectivity index (χ1n) is 5.76. The second kappa shape index (κ2) is 5.86. The average Bonchev–Trinajstić information content (AvgIpc) is 2.46. The highest BCUT2D eigenvalue weighted by Crippen LogP contribution is 2.18. The van der Waals surface area contributed by atoms with Crippen molar-refractivity contribution < 1.29 is 9.47 Å². The molecule has 0 fully saturated rings. The number of nitrogen functional groups attached to an aromatic ring is 1. The Balaban J connectivity index is 2.07. The molecule has 98 valence electrons. The Morgan fingerprint density at radius 1 is 1.21 bits per heavy atom. The smallest absolute Gasteiger partial charge is 0.142 e. The molecule has 0 amide bonds. The molecule has 0 unspecified atom stereocenters. The van der Waals surface area contributed by atoms with Gasteiger partial charge in [-0.3, -0.25) is 10.4 Å². The van der Waals surface area contributed by atoms with Gasteiger partial charge in [0.15, 0.2) is 0 Å². The zero-order valence-corrected chi connectivity index (χ0v) is 10.6. The van der Waals surface area contributed by atoms with Crippen LogP contribution in [0.1, 0.15) is 11.3 Å². The Hall–Kier alpha value is -2.56. The zero-order chi connectivity index (χ0) is 13.7. The molecule has 1 aromatic heterocycles. The lowest BCUT2D eigenvalue weighted by atomic mass is 10.2. The summed E-state index contributed by atoms with van der Waals surface area (Å²) < 4.78 is 10.7. The Labute approximate surface area is 111 Å². The summed E-state index contributed by atoms with van der Waals surface area (Å²) in [6.45, 7) is 0.315. The number of nitrogens with two attached hydrogens (primary N) is 1. The Kier molecular flexibility index (Phi) is 3.97. The number of pyridine rings is 1. The molecule has 5 nitrogen and oxygen atoms in total. The van der Waals surface area contributed by atoms with E-state index in [0.29, 0.717) is 12.3 Å². The maximum Gasteiger partial charge on any atom is 0.142 e. The van der Waals surface area contributed by atoms with Gasteiger partial charge < -0.3 is 15.2 Å². The molecule has 0 saturated carbocycles. The van der Waals surface area contributed by atoms with Gasteiger partial charge in [-0.25, -0.2) is 0 Å². The van der Waals surface area contributed by atoms with Crippen LogP contribution in [0.4, 0.5) is 0 Å². The van der Waals surface area contributed by atoms with E-state index in [2.05, 4.69) is 4.98 Å². The van der Waals surface area contributed by atoms with Crippen LogP contribution in [0.5, 0.6) is 11.5 Å². The lowest BCUT2D eigenvalue weighted by Gasteiger charge is -2.09. The van der Waals surface area contributed by atoms with Crippen molar-refractivity contribution in [3.63, 3.8) is 0 Å². The maximum atomic E-state index is 7.46. The molecule has 3 N–H and O–H groups in total. The minimum Gasteiger partial charge on any atom is -0.497 e. The second-order valence-corrected chi connectivity index (χ2v) is 3.89. The molecule has 19 heavy (non-hydrogen) atoms. The van der Waals surface area contributed by atoms with Crippen molar-refractivity contribution >= 4 is 5.84 Å². The van der Waals surface area contributed by atoms with Crippen molar-refractivity contribution in [3.05, 3.63) is 53.9 Å². The molecule has 0 aliphatic carbocycles. The van der Waals surface area contributed by atoms with E-state index >= 15 is 0 Å².